The van der Waals surface area contributed by atoms with Crippen molar-refractivity contribution in [2.45, 2.75) is 49.4 Å². The molecule has 2 heterocycles. The number of carbonyl (C=O) groups is 2. The number of anilines is 3. The fourth-order valence-electron chi connectivity index (χ4n) is 4.60. The zero-order valence-corrected chi connectivity index (χ0v) is 23.8. The summed E-state index contributed by atoms with van der Waals surface area (Å²) in [5.74, 6) is -0.165. The number of thioether (sulfide) groups is 1. The third-order valence-electron chi connectivity index (χ3n) is 6.52. The van der Waals surface area contributed by atoms with E-state index in [1.54, 1.807) is 22.9 Å². The third kappa shape index (κ3) is 7.12. The van der Waals surface area contributed by atoms with E-state index in [4.69, 9.17) is 4.74 Å². The van der Waals surface area contributed by atoms with Gasteiger partial charge >= 0.3 is 6.09 Å². The lowest BCUT2D eigenvalue weighted by molar-refractivity contribution is 0.0220. The number of nitrogens with zero attached hydrogens (tertiary/aromatic N) is 2. The summed E-state index contributed by atoms with van der Waals surface area (Å²) in [7, 11) is 0. The Labute approximate surface area is 239 Å². The van der Waals surface area contributed by atoms with Crippen LogP contribution in [0, 0.1) is 0 Å². The number of benzene rings is 3. The monoisotopic (exact) mass is 554 g/mol. The number of amides is 2. The van der Waals surface area contributed by atoms with Gasteiger partial charge in [0, 0.05) is 57.4 Å². The summed E-state index contributed by atoms with van der Waals surface area (Å²) in [5.41, 5.74) is 3.60. The molecule has 0 spiro atoms. The topological polar surface area (TPSA) is 83.6 Å². The van der Waals surface area contributed by atoms with Gasteiger partial charge in [0.1, 0.15) is 5.60 Å². The molecule has 0 bridgehead atoms. The van der Waals surface area contributed by atoms with Gasteiger partial charge in [0.05, 0.1) is 5.52 Å². The van der Waals surface area contributed by atoms with Gasteiger partial charge in [-0.05, 0) is 94.3 Å². The van der Waals surface area contributed by atoms with E-state index in [0.29, 0.717) is 17.4 Å². The molecule has 1 aliphatic rings. The summed E-state index contributed by atoms with van der Waals surface area (Å²) in [4.78, 5) is 32.7. The SMILES string of the molecule is CC(C)(C)OC(=O)N1CCCC(Sc2ccc(NC(=O)c3ccc(Nc4ccnc5ccccc45)cc3)cc2)C1. The fourth-order valence-corrected chi connectivity index (χ4v) is 5.82. The smallest absolute Gasteiger partial charge is 0.410 e. The molecule has 3 aromatic carbocycles. The molecule has 2 amide bonds. The van der Waals surface area contributed by atoms with Gasteiger partial charge in [0.25, 0.3) is 5.91 Å². The number of para-hydroxylation sites is 1. The van der Waals surface area contributed by atoms with E-state index in [0.717, 1.165) is 52.2 Å². The maximum Gasteiger partial charge on any atom is 0.410 e. The summed E-state index contributed by atoms with van der Waals surface area (Å²) in [6.07, 6.45) is 3.54. The van der Waals surface area contributed by atoms with E-state index in [2.05, 4.69) is 15.6 Å². The highest BCUT2D eigenvalue weighted by atomic mass is 32.2. The van der Waals surface area contributed by atoms with Crippen molar-refractivity contribution in [3.63, 3.8) is 0 Å². The molecular weight excluding hydrogens is 520 g/mol. The van der Waals surface area contributed by atoms with Crippen LogP contribution in [0.5, 0.6) is 0 Å². The minimum atomic E-state index is -0.494. The molecule has 1 aromatic heterocycles. The zero-order valence-electron chi connectivity index (χ0n) is 23.0. The number of pyridine rings is 1. The van der Waals surface area contributed by atoms with Crippen molar-refractivity contribution >= 4 is 51.7 Å². The Morgan fingerprint density at radius 2 is 1.68 bits per heavy atom. The Morgan fingerprint density at radius 3 is 2.42 bits per heavy atom. The average molecular weight is 555 g/mol. The summed E-state index contributed by atoms with van der Waals surface area (Å²) < 4.78 is 5.55. The van der Waals surface area contributed by atoms with Gasteiger partial charge in [-0.3, -0.25) is 9.78 Å². The number of fused-ring (bicyclic) bond motifs is 1. The summed E-state index contributed by atoms with van der Waals surface area (Å²) in [6.45, 7) is 7.06. The van der Waals surface area contributed by atoms with Crippen LogP contribution in [0.2, 0.25) is 0 Å². The molecule has 1 saturated heterocycles. The number of hydrogen-bond acceptors (Lipinski definition) is 6. The highest BCUT2D eigenvalue weighted by Crippen LogP contribution is 2.31. The van der Waals surface area contributed by atoms with E-state index in [1.807, 2.05) is 99.6 Å². The largest absolute Gasteiger partial charge is 0.444 e. The number of likely N-dealkylation sites (tertiary alicyclic amines) is 1. The lowest BCUT2D eigenvalue weighted by atomic mass is 10.1. The Bertz CT molecular complexity index is 1480. The van der Waals surface area contributed by atoms with Crippen LogP contribution < -0.4 is 10.6 Å². The van der Waals surface area contributed by atoms with Gasteiger partial charge < -0.3 is 20.3 Å². The first-order chi connectivity index (χ1) is 19.2. The molecule has 7 nitrogen and oxygen atoms in total. The highest BCUT2D eigenvalue weighted by molar-refractivity contribution is 8.00. The van der Waals surface area contributed by atoms with Crippen molar-refractivity contribution in [3.05, 3.63) is 90.6 Å². The summed E-state index contributed by atoms with van der Waals surface area (Å²) >= 11 is 1.76. The molecule has 5 rings (SSSR count). The van der Waals surface area contributed by atoms with Crippen LogP contribution in [0.15, 0.2) is 90.0 Å². The lowest BCUT2D eigenvalue weighted by Gasteiger charge is -2.33. The highest BCUT2D eigenvalue weighted by Gasteiger charge is 2.28. The van der Waals surface area contributed by atoms with Gasteiger partial charge in [-0.15, -0.1) is 11.8 Å². The van der Waals surface area contributed by atoms with Gasteiger partial charge in [-0.2, -0.15) is 0 Å². The minimum absolute atomic E-state index is 0.165. The van der Waals surface area contributed by atoms with Crippen LogP contribution in [0.25, 0.3) is 10.9 Å². The lowest BCUT2D eigenvalue weighted by Crippen LogP contribution is -2.43. The van der Waals surface area contributed by atoms with Crippen molar-refractivity contribution < 1.29 is 14.3 Å². The van der Waals surface area contributed by atoms with Crippen molar-refractivity contribution in [3.8, 4) is 0 Å². The zero-order chi connectivity index (χ0) is 28.1. The summed E-state index contributed by atoms with van der Waals surface area (Å²) in [5, 5.41) is 7.74. The van der Waals surface area contributed by atoms with Crippen molar-refractivity contribution in [2.75, 3.05) is 23.7 Å². The number of hydrogen-bond donors (Lipinski definition) is 2. The first kappa shape index (κ1) is 27.5. The molecule has 8 heteroatoms. The number of aromatic nitrogens is 1. The van der Waals surface area contributed by atoms with Crippen LogP contribution in [-0.4, -0.2) is 45.8 Å². The normalized spacial score (nSPS) is 15.5. The fraction of sp³-hybridized carbons (Fsp3) is 0.281. The van der Waals surface area contributed by atoms with E-state index in [1.165, 1.54) is 0 Å². The molecule has 206 valence electrons. The number of piperidine rings is 1. The Balaban J connectivity index is 1.15. The average Bonchev–Trinajstić information content (AvgIpc) is 2.94. The Kier molecular flexibility index (Phi) is 8.26. The number of nitrogens with one attached hydrogen (secondary N) is 2. The second-order valence-corrected chi connectivity index (χ2v) is 12.2. The quantitative estimate of drug-likeness (QED) is 0.254. The van der Waals surface area contributed by atoms with Crippen LogP contribution in [-0.2, 0) is 4.74 Å². The maximum atomic E-state index is 12.9. The predicted octanol–water partition coefficient (Wildman–Crippen LogP) is 7.72. The molecule has 4 aromatic rings. The van der Waals surface area contributed by atoms with Crippen molar-refractivity contribution in [2.24, 2.45) is 0 Å². The number of ether oxygens (including phenoxy) is 1. The van der Waals surface area contributed by atoms with Crippen LogP contribution >= 0.6 is 11.8 Å². The van der Waals surface area contributed by atoms with E-state index in [-0.39, 0.29) is 12.0 Å². The van der Waals surface area contributed by atoms with Crippen LogP contribution in [0.1, 0.15) is 44.0 Å². The molecule has 0 radical (unpaired) electrons. The first-order valence-electron chi connectivity index (χ1n) is 13.5. The molecule has 0 aliphatic carbocycles. The van der Waals surface area contributed by atoms with Gasteiger partial charge in [0.2, 0.25) is 0 Å². The molecule has 40 heavy (non-hydrogen) atoms. The van der Waals surface area contributed by atoms with Crippen LogP contribution in [0.3, 0.4) is 0 Å². The van der Waals surface area contributed by atoms with Crippen molar-refractivity contribution in [1.29, 1.82) is 0 Å². The number of carbonyl (C=O) groups excluding carboxylic acids is 2. The minimum Gasteiger partial charge on any atom is -0.444 e. The molecule has 1 fully saturated rings. The first-order valence-corrected chi connectivity index (χ1v) is 14.4. The predicted molar refractivity (Wildman–Crippen MR) is 163 cm³/mol. The van der Waals surface area contributed by atoms with Gasteiger partial charge in [-0.1, -0.05) is 18.2 Å². The molecule has 1 aliphatic heterocycles. The van der Waals surface area contributed by atoms with Crippen molar-refractivity contribution in [1.82, 2.24) is 9.88 Å². The molecule has 2 N–H and O–H groups in total. The molecule has 1 atom stereocenters. The molecule has 0 saturated carbocycles. The van der Waals surface area contributed by atoms with E-state index >= 15 is 0 Å². The van der Waals surface area contributed by atoms with E-state index < -0.39 is 5.60 Å². The number of rotatable bonds is 6. The Morgan fingerprint density at radius 1 is 0.950 bits per heavy atom. The van der Waals surface area contributed by atoms with E-state index in [9.17, 15) is 9.59 Å². The second-order valence-electron chi connectivity index (χ2n) is 10.9. The standard InChI is InChI=1S/C32H34N4O3S/c1-32(2,3)39-31(38)36-20-6-7-26(21-36)40-25-16-14-24(15-17-25)35-30(37)22-10-12-23(13-11-22)34-29-18-19-33-28-9-5-4-8-27(28)29/h4-5,8-19,26H,6-7,20-21H2,1-3H3,(H,33,34)(H,35,37). The molecular formula is C32H34N4O3S. The van der Waals surface area contributed by atoms with Gasteiger partial charge in [-0.25, -0.2) is 4.79 Å². The Hall–Kier alpha value is -4.04. The summed E-state index contributed by atoms with van der Waals surface area (Å²) in [6, 6.07) is 25.2. The maximum absolute atomic E-state index is 12.9. The van der Waals surface area contributed by atoms with Crippen LogP contribution in [0.4, 0.5) is 21.9 Å². The second kappa shape index (κ2) is 12.0. The third-order valence-corrected chi connectivity index (χ3v) is 7.78. The molecule has 1 unspecified atom stereocenters. The van der Waals surface area contributed by atoms with Gasteiger partial charge in [0.15, 0.2) is 0 Å².